The molecule has 40 heavy (non-hydrogen) atoms. The van der Waals surface area contributed by atoms with Gasteiger partial charge in [0.15, 0.2) is 11.6 Å². The molecule has 0 aromatic heterocycles. The van der Waals surface area contributed by atoms with Crippen LogP contribution in [0.5, 0.6) is 0 Å². The smallest absolute Gasteiger partial charge is 0.399 e. The van der Waals surface area contributed by atoms with Crippen LogP contribution in [-0.4, -0.2) is 53.8 Å². The molecule has 2 aromatic rings. The molecule has 2 aromatic carbocycles. The summed E-state index contributed by atoms with van der Waals surface area (Å²) in [6.07, 6.45) is -0.376. The summed E-state index contributed by atoms with van der Waals surface area (Å²) in [6, 6.07) is 13.9. The van der Waals surface area contributed by atoms with Crippen molar-refractivity contribution in [2.45, 2.75) is 38.1 Å². The van der Waals surface area contributed by atoms with Crippen molar-refractivity contribution in [2.75, 3.05) is 18.0 Å². The second kappa shape index (κ2) is 11.0. The molecule has 3 aliphatic rings. The summed E-state index contributed by atoms with van der Waals surface area (Å²) >= 11 is 0. The summed E-state index contributed by atoms with van der Waals surface area (Å²) < 4.78 is 44.7. The Morgan fingerprint density at radius 2 is 1.73 bits per heavy atom. The van der Waals surface area contributed by atoms with Crippen LogP contribution >= 0.6 is 0 Å². The number of rotatable bonds is 6. The van der Waals surface area contributed by atoms with Gasteiger partial charge in [0.25, 0.3) is 0 Å². The number of nitrogens with two attached hydrogens (primary N) is 1. The molecular formula is C29H27F3N4O4. The average Bonchev–Trinajstić information content (AvgIpc) is 3.77. The highest BCUT2D eigenvalue weighted by atomic mass is 19.4. The molecule has 0 saturated carbocycles. The number of anilines is 1. The number of hydrogen-bond acceptors (Lipinski definition) is 6. The highest BCUT2D eigenvalue weighted by Gasteiger charge is 2.48. The number of carbonyl (C=O) groups is 3. The first-order valence-corrected chi connectivity index (χ1v) is 12.8. The molecule has 2 unspecified atom stereocenters. The van der Waals surface area contributed by atoms with Gasteiger partial charge in [0.2, 0.25) is 5.90 Å². The molecule has 5 rings (SSSR count). The van der Waals surface area contributed by atoms with E-state index in [4.69, 9.17) is 10.6 Å². The molecule has 2 N–H and O–H groups in total. The van der Waals surface area contributed by atoms with Gasteiger partial charge in [-0.15, -0.1) is 5.10 Å². The third-order valence-corrected chi connectivity index (χ3v) is 7.11. The number of hydrazone groups is 1. The van der Waals surface area contributed by atoms with E-state index in [2.05, 4.69) is 11.2 Å². The second-order valence-corrected chi connectivity index (χ2v) is 9.85. The minimum absolute atomic E-state index is 0.0212. The van der Waals surface area contributed by atoms with E-state index >= 15 is 0 Å². The number of benzene rings is 2. The van der Waals surface area contributed by atoms with Crippen LogP contribution in [0.4, 0.5) is 23.7 Å². The number of likely N-dealkylation sites (tertiary alicyclic amines) is 1. The van der Waals surface area contributed by atoms with Crippen LogP contribution in [0.2, 0.25) is 0 Å². The highest BCUT2D eigenvalue weighted by molar-refractivity contribution is 6.37. The topological polar surface area (TPSA) is 105 Å². The third kappa shape index (κ3) is 5.93. The van der Waals surface area contributed by atoms with E-state index in [1.165, 1.54) is 16.5 Å². The van der Waals surface area contributed by atoms with E-state index in [-0.39, 0.29) is 44.4 Å². The molecule has 1 fully saturated rings. The molecule has 2 atom stereocenters. The first-order chi connectivity index (χ1) is 19.1. The zero-order valence-electron chi connectivity index (χ0n) is 21.4. The number of carbonyl (C=O) groups excluding carboxylic acids is 3. The normalized spacial score (nSPS) is 20.9. The number of ketones is 2. The highest BCUT2D eigenvalue weighted by Crippen LogP contribution is 2.38. The van der Waals surface area contributed by atoms with Gasteiger partial charge in [-0.05, 0) is 53.5 Å². The van der Waals surface area contributed by atoms with Gasteiger partial charge in [-0.1, -0.05) is 36.4 Å². The predicted octanol–water partition coefficient (Wildman–Crippen LogP) is 4.59. The molecule has 1 heterocycles. The van der Waals surface area contributed by atoms with Gasteiger partial charge >= 0.3 is 12.2 Å². The van der Waals surface area contributed by atoms with Gasteiger partial charge < -0.3 is 15.5 Å². The SMILES string of the molecule is N/N=C(/OC1C=CC1C(F)(F)F)c1ccc(CN(C(=O)N2CCC(=O)C(=O)CC2)c2cccc(C3=CC3)c2)cc1. The molecule has 0 spiro atoms. The fourth-order valence-electron chi connectivity index (χ4n) is 4.61. The largest absolute Gasteiger partial charge is 0.468 e. The lowest BCUT2D eigenvalue weighted by Crippen LogP contribution is -2.43. The molecule has 208 valence electrons. The van der Waals surface area contributed by atoms with Gasteiger partial charge in [0, 0.05) is 37.2 Å². The number of nitrogens with zero attached hydrogens (tertiary/aromatic N) is 3. The summed E-state index contributed by atoms with van der Waals surface area (Å²) in [7, 11) is 0. The van der Waals surface area contributed by atoms with E-state index < -0.39 is 29.8 Å². The van der Waals surface area contributed by atoms with Crippen molar-refractivity contribution in [1.29, 1.82) is 0 Å². The van der Waals surface area contributed by atoms with E-state index in [1.807, 2.05) is 24.3 Å². The Bertz CT molecular complexity index is 1400. The number of halogens is 3. The zero-order valence-corrected chi connectivity index (χ0v) is 21.4. The molecular weight excluding hydrogens is 525 g/mol. The number of Topliss-reactive ketones (excluding diaryl/α,β-unsaturated/α-hetero) is 2. The van der Waals surface area contributed by atoms with Gasteiger partial charge in [-0.3, -0.25) is 14.5 Å². The predicted molar refractivity (Wildman–Crippen MR) is 142 cm³/mol. The summed E-state index contributed by atoms with van der Waals surface area (Å²) in [4.78, 5) is 40.6. The minimum atomic E-state index is -4.43. The fourth-order valence-corrected chi connectivity index (χ4v) is 4.61. The Balaban J connectivity index is 1.35. The van der Waals surface area contributed by atoms with Gasteiger partial charge in [0.05, 0.1) is 6.54 Å². The number of alkyl halides is 3. The second-order valence-electron chi connectivity index (χ2n) is 9.85. The molecule has 2 amide bonds. The summed E-state index contributed by atoms with van der Waals surface area (Å²) in [5.41, 5.74) is 3.96. The van der Waals surface area contributed by atoms with E-state index in [0.717, 1.165) is 23.6 Å². The van der Waals surface area contributed by atoms with Gasteiger partial charge in [-0.25, -0.2) is 4.79 Å². The number of hydrogen-bond donors (Lipinski definition) is 1. The molecule has 1 saturated heterocycles. The maximum atomic E-state index is 13.7. The zero-order chi connectivity index (χ0) is 28.4. The van der Waals surface area contributed by atoms with Gasteiger partial charge in [0.1, 0.15) is 12.0 Å². The maximum Gasteiger partial charge on any atom is 0.399 e. The van der Waals surface area contributed by atoms with Crippen molar-refractivity contribution in [3.63, 3.8) is 0 Å². The molecule has 1 aliphatic heterocycles. The van der Waals surface area contributed by atoms with E-state index in [0.29, 0.717) is 11.3 Å². The minimum Gasteiger partial charge on any atom is -0.468 e. The van der Waals surface area contributed by atoms with Gasteiger partial charge in [-0.2, -0.15) is 13.2 Å². The van der Waals surface area contributed by atoms with Crippen LogP contribution in [0.15, 0.2) is 71.9 Å². The maximum absolute atomic E-state index is 13.7. The van der Waals surface area contributed by atoms with Crippen LogP contribution in [0.1, 0.15) is 36.0 Å². The van der Waals surface area contributed by atoms with Crippen LogP contribution in [-0.2, 0) is 20.9 Å². The van der Waals surface area contributed by atoms with E-state index in [9.17, 15) is 27.6 Å². The van der Waals surface area contributed by atoms with Crippen molar-refractivity contribution in [3.05, 3.63) is 83.4 Å². The fraction of sp³-hybridized carbons (Fsp3) is 0.310. The lowest BCUT2D eigenvalue weighted by molar-refractivity contribution is -0.183. The quantitative estimate of drug-likeness (QED) is 0.141. The standard InChI is InChI=1S/C29H27F3N4O4/c30-29(31,32)23-10-11-26(23)40-27(34-33)20-6-4-18(5-7-20)17-36(22-3-1-2-21(16-22)19-8-9-19)28(39)35-14-12-24(37)25(38)13-15-35/h1-8,10-11,16,23,26H,9,12-15,17,33H2/b34-27+. The number of ether oxygens (including phenoxy) is 1. The molecule has 8 nitrogen and oxygen atoms in total. The van der Waals surface area contributed by atoms with Crippen LogP contribution in [0.3, 0.4) is 0 Å². The first kappa shape index (κ1) is 27.2. The lowest BCUT2D eigenvalue weighted by Gasteiger charge is -2.31. The Morgan fingerprint density at radius 1 is 1.05 bits per heavy atom. The Kier molecular flexibility index (Phi) is 7.46. The Hall–Kier alpha value is -4.41. The third-order valence-electron chi connectivity index (χ3n) is 7.11. The van der Waals surface area contributed by atoms with Crippen molar-refractivity contribution in [2.24, 2.45) is 16.9 Å². The number of urea groups is 1. The van der Waals surface area contributed by atoms with Crippen LogP contribution in [0.25, 0.3) is 5.57 Å². The molecule has 2 aliphatic carbocycles. The van der Waals surface area contributed by atoms with Crippen LogP contribution in [0, 0.1) is 5.92 Å². The summed E-state index contributed by atoms with van der Waals surface area (Å²) in [6.45, 7) is 0.454. The molecule has 0 radical (unpaired) electrons. The lowest BCUT2D eigenvalue weighted by atomic mass is 9.91. The van der Waals surface area contributed by atoms with Crippen molar-refractivity contribution in [1.82, 2.24) is 4.90 Å². The monoisotopic (exact) mass is 552 g/mol. The van der Waals surface area contributed by atoms with Crippen molar-refractivity contribution in [3.8, 4) is 0 Å². The average molecular weight is 553 g/mol. The summed E-state index contributed by atoms with van der Waals surface area (Å²) in [5, 5.41) is 3.54. The summed E-state index contributed by atoms with van der Waals surface area (Å²) in [5.74, 6) is 2.62. The van der Waals surface area contributed by atoms with E-state index in [1.54, 1.807) is 29.2 Å². The first-order valence-electron chi connectivity index (χ1n) is 12.8. The van der Waals surface area contributed by atoms with Crippen LogP contribution < -0.4 is 10.7 Å². The molecule has 0 bridgehead atoms. The Morgan fingerprint density at radius 3 is 2.27 bits per heavy atom. The molecule has 11 heteroatoms. The van der Waals surface area contributed by atoms with Crippen molar-refractivity contribution < 1.29 is 32.3 Å². The number of allylic oxidation sites excluding steroid dienone is 2. The Labute approximate surface area is 228 Å². The number of amides is 2. The van der Waals surface area contributed by atoms with Crippen molar-refractivity contribution >= 4 is 34.8 Å².